The fraction of sp³-hybridized carbons (Fsp3) is 0.217. The Kier molecular flexibility index (Phi) is 4.28. The molecule has 0 aromatic heterocycles. The van der Waals surface area contributed by atoms with E-state index in [9.17, 15) is 14.7 Å². The zero-order valence-electron chi connectivity index (χ0n) is 15.2. The van der Waals surface area contributed by atoms with Gasteiger partial charge in [0.2, 0.25) is 0 Å². The monoisotopic (exact) mass is 359 g/mol. The number of hydrogen-bond donors (Lipinski definition) is 1. The normalized spacial score (nSPS) is 18.7. The van der Waals surface area contributed by atoms with E-state index in [4.69, 9.17) is 0 Å². The van der Waals surface area contributed by atoms with Gasteiger partial charge in [0.05, 0.1) is 12.1 Å². The molecule has 0 spiro atoms. The summed E-state index contributed by atoms with van der Waals surface area (Å²) in [6.07, 6.45) is 0.504. The summed E-state index contributed by atoms with van der Waals surface area (Å²) >= 11 is 0. The van der Waals surface area contributed by atoms with Gasteiger partial charge in [-0.3, -0.25) is 9.59 Å². The molecule has 136 valence electrons. The van der Waals surface area contributed by atoms with E-state index in [1.165, 1.54) is 0 Å². The molecule has 1 unspecified atom stereocenters. The van der Waals surface area contributed by atoms with Gasteiger partial charge < -0.3 is 10.0 Å². The van der Waals surface area contributed by atoms with Gasteiger partial charge in [-0.15, -0.1) is 0 Å². The van der Waals surface area contributed by atoms with E-state index in [1.807, 2.05) is 55.5 Å². The zero-order valence-corrected chi connectivity index (χ0v) is 15.2. The van der Waals surface area contributed by atoms with Crippen molar-refractivity contribution in [1.29, 1.82) is 0 Å². The van der Waals surface area contributed by atoms with Crippen molar-refractivity contribution in [2.75, 3.05) is 11.4 Å². The average Bonchev–Trinajstić information content (AvgIpc) is 2.90. The number of amides is 1. The molecule has 1 atom stereocenters. The van der Waals surface area contributed by atoms with E-state index in [1.54, 1.807) is 23.1 Å². The Bertz CT molecular complexity index is 1040. The lowest BCUT2D eigenvalue weighted by Gasteiger charge is -2.22. The summed E-state index contributed by atoms with van der Waals surface area (Å²) in [7, 11) is 0. The van der Waals surface area contributed by atoms with Crippen LogP contribution in [-0.4, -0.2) is 23.3 Å². The quantitative estimate of drug-likeness (QED) is 0.699. The summed E-state index contributed by atoms with van der Waals surface area (Å²) in [4.78, 5) is 27.7. The molecule has 1 N–H and O–H groups in total. The number of ketones is 1. The van der Waals surface area contributed by atoms with Gasteiger partial charge in [-0.2, -0.15) is 0 Å². The Morgan fingerprint density at radius 2 is 1.70 bits per heavy atom. The minimum atomic E-state index is -1.82. The second-order valence-corrected chi connectivity index (χ2v) is 6.96. The van der Waals surface area contributed by atoms with Gasteiger partial charge >= 0.3 is 0 Å². The molecule has 0 saturated heterocycles. The number of hydrogen-bond acceptors (Lipinski definition) is 3. The summed E-state index contributed by atoms with van der Waals surface area (Å²) < 4.78 is 0. The van der Waals surface area contributed by atoms with Crippen molar-refractivity contribution in [3.05, 3.63) is 77.9 Å². The van der Waals surface area contributed by atoms with Crippen molar-refractivity contribution < 1.29 is 14.7 Å². The highest BCUT2D eigenvalue weighted by Crippen LogP contribution is 2.43. The standard InChI is InChI=1S/C23H21NO3/c1-2-14-24-20-13-6-5-12-19(20)23(27,22(24)26)15-21(25)18-11-7-9-16-8-3-4-10-17(16)18/h3-13,27H,2,14-15H2,1H3. The molecule has 3 aromatic carbocycles. The number of carbonyl (C=O) groups excluding carboxylic acids is 2. The molecule has 0 radical (unpaired) electrons. The fourth-order valence-electron chi connectivity index (χ4n) is 3.92. The van der Waals surface area contributed by atoms with Crippen molar-refractivity contribution in [3.63, 3.8) is 0 Å². The number of aliphatic hydroxyl groups is 1. The lowest BCUT2D eigenvalue weighted by atomic mass is 9.87. The molecule has 27 heavy (non-hydrogen) atoms. The zero-order chi connectivity index (χ0) is 19.0. The Labute approximate surface area is 158 Å². The maximum absolute atomic E-state index is 13.1. The molecule has 4 heteroatoms. The highest BCUT2D eigenvalue weighted by molar-refractivity contribution is 6.13. The van der Waals surface area contributed by atoms with E-state index in [0.717, 1.165) is 17.2 Å². The summed E-state index contributed by atoms with van der Waals surface area (Å²) in [5.74, 6) is -0.657. The Balaban J connectivity index is 1.75. The number of nitrogens with zero attached hydrogens (tertiary/aromatic N) is 1. The van der Waals surface area contributed by atoms with Crippen LogP contribution in [0.5, 0.6) is 0 Å². The summed E-state index contributed by atoms with van der Waals surface area (Å²) in [5, 5.41) is 13.1. The third-order valence-electron chi connectivity index (χ3n) is 5.19. The Hall–Kier alpha value is -2.98. The van der Waals surface area contributed by atoms with E-state index in [0.29, 0.717) is 23.4 Å². The van der Waals surface area contributed by atoms with Gasteiger partial charge in [0, 0.05) is 17.7 Å². The number of fused-ring (bicyclic) bond motifs is 2. The highest BCUT2D eigenvalue weighted by atomic mass is 16.3. The van der Waals surface area contributed by atoms with Gasteiger partial charge in [0.1, 0.15) is 0 Å². The lowest BCUT2D eigenvalue weighted by molar-refractivity contribution is -0.135. The smallest absolute Gasteiger partial charge is 0.264 e. The summed E-state index contributed by atoms with van der Waals surface area (Å²) in [6.45, 7) is 2.50. The van der Waals surface area contributed by atoms with E-state index in [2.05, 4.69) is 0 Å². The van der Waals surface area contributed by atoms with Crippen LogP contribution in [0.15, 0.2) is 66.7 Å². The maximum atomic E-state index is 13.1. The first-order valence-corrected chi connectivity index (χ1v) is 9.21. The largest absolute Gasteiger partial charge is 0.375 e. The van der Waals surface area contributed by atoms with Crippen LogP contribution >= 0.6 is 0 Å². The molecule has 1 aliphatic rings. The number of Topliss-reactive ketones (excluding diaryl/α,β-unsaturated/α-hetero) is 1. The number of para-hydroxylation sites is 1. The summed E-state index contributed by atoms with van der Waals surface area (Å²) in [5.41, 5.74) is -0.0878. The maximum Gasteiger partial charge on any atom is 0.264 e. The first-order chi connectivity index (χ1) is 13.1. The molecular weight excluding hydrogens is 338 g/mol. The molecule has 1 aliphatic heterocycles. The third kappa shape index (κ3) is 2.73. The minimum absolute atomic E-state index is 0.240. The van der Waals surface area contributed by atoms with Gasteiger partial charge in [-0.05, 0) is 23.3 Å². The van der Waals surface area contributed by atoms with Crippen LogP contribution in [0, 0.1) is 0 Å². The van der Waals surface area contributed by atoms with Crippen LogP contribution in [0.25, 0.3) is 10.8 Å². The van der Waals surface area contributed by atoms with Crippen molar-refractivity contribution in [2.24, 2.45) is 0 Å². The summed E-state index contributed by atoms with van der Waals surface area (Å²) in [6, 6.07) is 20.3. The SMILES string of the molecule is CCCN1C(=O)C(O)(CC(=O)c2cccc3ccccc23)c2ccccc21. The predicted molar refractivity (Wildman–Crippen MR) is 106 cm³/mol. The van der Waals surface area contributed by atoms with Gasteiger partial charge in [-0.25, -0.2) is 0 Å². The van der Waals surface area contributed by atoms with Crippen molar-refractivity contribution in [2.45, 2.75) is 25.4 Å². The second-order valence-electron chi connectivity index (χ2n) is 6.96. The molecule has 3 aromatic rings. The molecular formula is C23H21NO3. The minimum Gasteiger partial charge on any atom is -0.375 e. The van der Waals surface area contributed by atoms with Crippen molar-refractivity contribution >= 4 is 28.2 Å². The van der Waals surface area contributed by atoms with Crippen molar-refractivity contribution in [1.82, 2.24) is 0 Å². The number of benzene rings is 3. The van der Waals surface area contributed by atoms with Crippen LogP contribution in [0.2, 0.25) is 0 Å². The predicted octanol–water partition coefficient (Wildman–Crippen LogP) is 4.06. The first kappa shape index (κ1) is 17.4. The van der Waals surface area contributed by atoms with E-state index in [-0.39, 0.29) is 12.2 Å². The molecule has 1 amide bonds. The highest BCUT2D eigenvalue weighted by Gasteiger charge is 2.50. The molecule has 0 aliphatic carbocycles. The lowest BCUT2D eigenvalue weighted by Crippen LogP contribution is -2.42. The van der Waals surface area contributed by atoms with E-state index < -0.39 is 11.5 Å². The second kappa shape index (κ2) is 6.63. The van der Waals surface area contributed by atoms with Crippen LogP contribution in [0.4, 0.5) is 5.69 Å². The topological polar surface area (TPSA) is 57.6 Å². The molecule has 4 rings (SSSR count). The van der Waals surface area contributed by atoms with Gasteiger partial charge in [0.15, 0.2) is 11.4 Å². The molecule has 0 fully saturated rings. The number of rotatable bonds is 5. The fourth-order valence-corrected chi connectivity index (χ4v) is 3.92. The first-order valence-electron chi connectivity index (χ1n) is 9.21. The van der Waals surface area contributed by atoms with Crippen LogP contribution in [0.3, 0.4) is 0 Å². The Morgan fingerprint density at radius 3 is 2.52 bits per heavy atom. The molecule has 4 nitrogen and oxygen atoms in total. The molecule has 1 heterocycles. The van der Waals surface area contributed by atoms with Crippen LogP contribution in [-0.2, 0) is 10.4 Å². The van der Waals surface area contributed by atoms with Crippen LogP contribution < -0.4 is 4.90 Å². The molecule has 0 bridgehead atoms. The van der Waals surface area contributed by atoms with Crippen LogP contribution in [0.1, 0.15) is 35.7 Å². The number of carbonyl (C=O) groups is 2. The van der Waals surface area contributed by atoms with E-state index >= 15 is 0 Å². The Morgan fingerprint density at radius 1 is 1.00 bits per heavy atom. The average molecular weight is 359 g/mol. The van der Waals surface area contributed by atoms with Crippen molar-refractivity contribution in [3.8, 4) is 0 Å². The molecule has 0 saturated carbocycles. The van der Waals surface area contributed by atoms with Gasteiger partial charge in [-0.1, -0.05) is 67.6 Å². The third-order valence-corrected chi connectivity index (χ3v) is 5.19. The van der Waals surface area contributed by atoms with Gasteiger partial charge in [0.25, 0.3) is 5.91 Å². The number of anilines is 1.